The van der Waals surface area contributed by atoms with Crippen LogP contribution in [0.2, 0.25) is 0 Å². The number of amides is 2. The third-order valence-electron chi connectivity index (χ3n) is 4.16. The maximum Gasteiger partial charge on any atom is 0.407 e. The Hall–Kier alpha value is -2.48. The van der Waals surface area contributed by atoms with Gasteiger partial charge in [0.2, 0.25) is 0 Å². The minimum Gasteiger partial charge on any atom is -0.449 e. The summed E-state index contributed by atoms with van der Waals surface area (Å²) in [5, 5.41) is 5.57. The molecule has 152 valence electrons. The molecule has 0 aromatic heterocycles. The molecule has 2 bridgehead atoms. The van der Waals surface area contributed by atoms with E-state index in [-0.39, 0.29) is 11.2 Å². The van der Waals surface area contributed by atoms with Gasteiger partial charge in [0.15, 0.2) is 0 Å². The molecule has 8 heteroatoms. The van der Waals surface area contributed by atoms with E-state index in [1.807, 2.05) is 39.0 Å². The van der Waals surface area contributed by atoms with Crippen molar-refractivity contribution >= 4 is 35.3 Å². The molecular weight excluding hydrogens is 376 g/mol. The summed E-state index contributed by atoms with van der Waals surface area (Å²) in [6, 6.07) is 3.85. The number of nitrogens with one attached hydrogen (secondary N) is 2. The first-order chi connectivity index (χ1) is 13.3. The number of aryl methyl sites for hydroxylation is 2. The highest BCUT2D eigenvalue weighted by Gasteiger charge is 2.15. The van der Waals surface area contributed by atoms with Crippen molar-refractivity contribution in [2.45, 2.75) is 32.9 Å². The summed E-state index contributed by atoms with van der Waals surface area (Å²) in [6.07, 6.45) is 1.54. The van der Waals surface area contributed by atoms with Crippen LogP contribution >= 0.6 is 11.8 Å². The number of benzene rings is 1. The highest BCUT2D eigenvalue weighted by Crippen LogP contribution is 2.27. The number of rotatable bonds is 1. The molecule has 1 aliphatic rings. The molecule has 28 heavy (non-hydrogen) atoms. The molecule has 0 aliphatic carbocycles. The van der Waals surface area contributed by atoms with Gasteiger partial charge in [-0.15, -0.1) is 0 Å². The minimum absolute atomic E-state index is 0.121. The average Bonchev–Trinajstić information content (AvgIpc) is 2.60. The van der Waals surface area contributed by atoms with E-state index < -0.39 is 6.09 Å². The number of nitrogens with two attached hydrogens (primary N) is 1. The monoisotopic (exact) mass is 404 g/mol. The quantitative estimate of drug-likeness (QED) is 0.493. The molecule has 1 atom stereocenters. The van der Waals surface area contributed by atoms with E-state index in [1.54, 1.807) is 18.7 Å². The Kier molecular flexibility index (Phi) is 7.92. The lowest BCUT2D eigenvalue weighted by molar-refractivity contribution is 0.0951. The van der Waals surface area contributed by atoms with Crippen molar-refractivity contribution in [1.82, 2.24) is 10.6 Å². The van der Waals surface area contributed by atoms with Gasteiger partial charge in [-0.2, -0.15) is 11.8 Å². The van der Waals surface area contributed by atoms with Crippen molar-refractivity contribution in [2.75, 3.05) is 25.4 Å². The van der Waals surface area contributed by atoms with Crippen molar-refractivity contribution < 1.29 is 14.3 Å². The van der Waals surface area contributed by atoms with Crippen LogP contribution in [0.5, 0.6) is 0 Å². The van der Waals surface area contributed by atoms with Gasteiger partial charge in [-0.25, -0.2) is 9.79 Å². The van der Waals surface area contributed by atoms with E-state index in [2.05, 4.69) is 15.6 Å². The Balaban J connectivity index is 2.47. The maximum atomic E-state index is 12.6. The number of hydrogen-bond acceptors (Lipinski definition) is 5. The first-order valence-corrected chi connectivity index (χ1v) is 10.3. The topological polar surface area (TPSA) is 106 Å². The summed E-state index contributed by atoms with van der Waals surface area (Å²) in [6.45, 7) is 8.60. The molecule has 0 saturated heterocycles. The van der Waals surface area contributed by atoms with Gasteiger partial charge in [0, 0.05) is 35.2 Å². The van der Waals surface area contributed by atoms with Crippen molar-refractivity contribution in [2.24, 2.45) is 10.7 Å². The lowest BCUT2D eigenvalue weighted by Crippen LogP contribution is -2.35. The van der Waals surface area contributed by atoms with Crippen LogP contribution in [0.1, 0.15) is 40.9 Å². The molecule has 0 fully saturated rings. The number of thioether (sulfide) groups is 1. The number of aliphatic imine (C=N–C) groups is 1. The van der Waals surface area contributed by atoms with E-state index in [1.165, 1.54) is 0 Å². The van der Waals surface area contributed by atoms with E-state index in [0.717, 1.165) is 22.4 Å². The van der Waals surface area contributed by atoms with Gasteiger partial charge in [-0.05, 0) is 51.0 Å². The van der Waals surface area contributed by atoms with Gasteiger partial charge in [0.1, 0.15) is 6.61 Å². The number of fused-ring (bicyclic) bond motifs is 2. The van der Waals surface area contributed by atoms with E-state index in [0.29, 0.717) is 36.8 Å². The summed E-state index contributed by atoms with van der Waals surface area (Å²) < 4.78 is 5.14. The smallest absolute Gasteiger partial charge is 0.407 e. The van der Waals surface area contributed by atoms with Crippen molar-refractivity contribution in [3.05, 3.63) is 40.5 Å². The third-order valence-corrected chi connectivity index (χ3v) is 5.22. The fourth-order valence-corrected chi connectivity index (χ4v) is 3.65. The van der Waals surface area contributed by atoms with E-state index in [4.69, 9.17) is 10.5 Å². The van der Waals surface area contributed by atoms with Crippen molar-refractivity contribution in [3.63, 3.8) is 0 Å². The zero-order valence-electron chi connectivity index (χ0n) is 16.8. The molecule has 7 nitrogen and oxygen atoms in total. The Bertz CT molecular complexity index is 801. The Morgan fingerprint density at radius 3 is 2.57 bits per heavy atom. The third kappa shape index (κ3) is 6.30. The number of cyclic esters (lactones) is 1. The Morgan fingerprint density at radius 2 is 1.86 bits per heavy atom. The fourth-order valence-electron chi connectivity index (χ4n) is 2.88. The standard InChI is InChI=1S/C20H28N4O3S/c1-12-9-13(2)17-11-16(12)18(24-15(4)21)10-14(3)28-8-7-27-20(26)23-6-5-22-19(17)25/h9-11,14H,5-8H2,1-4H3,(H2,21,24)(H,22,25)(H,23,26)/b18-10-. The molecule has 0 saturated carbocycles. The molecule has 4 N–H and O–H groups in total. The van der Waals surface area contributed by atoms with E-state index in [9.17, 15) is 9.59 Å². The highest BCUT2D eigenvalue weighted by molar-refractivity contribution is 8.00. The van der Waals surface area contributed by atoms with Crippen molar-refractivity contribution in [1.29, 1.82) is 0 Å². The van der Waals surface area contributed by atoms with Gasteiger partial charge >= 0.3 is 6.09 Å². The first kappa shape index (κ1) is 21.8. The van der Waals surface area contributed by atoms with Crippen LogP contribution < -0.4 is 16.4 Å². The second-order valence-electron chi connectivity index (χ2n) is 6.68. The largest absolute Gasteiger partial charge is 0.449 e. The summed E-state index contributed by atoms with van der Waals surface area (Å²) in [5.41, 5.74) is 9.95. The minimum atomic E-state index is -0.483. The van der Waals surface area contributed by atoms with E-state index >= 15 is 0 Å². The molecular formula is C20H28N4O3S. The Labute approximate surface area is 170 Å². The van der Waals surface area contributed by atoms with Crippen LogP contribution in [-0.4, -0.2) is 48.5 Å². The van der Waals surface area contributed by atoms with Crippen LogP contribution in [0, 0.1) is 13.8 Å². The zero-order chi connectivity index (χ0) is 20.7. The second-order valence-corrected chi connectivity index (χ2v) is 8.17. The molecule has 1 aliphatic heterocycles. The zero-order valence-corrected chi connectivity index (χ0v) is 17.6. The van der Waals surface area contributed by atoms with Crippen LogP contribution in [0.25, 0.3) is 5.70 Å². The number of nitrogens with zero attached hydrogens (tertiary/aromatic N) is 1. The summed E-state index contributed by atoms with van der Waals surface area (Å²) >= 11 is 1.65. The van der Waals surface area contributed by atoms with Gasteiger partial charge in [-0.1, -0.05) is 6.07 Å². The lowest BCUT2D eigenvalue weighted by Gasteiger charge is -2.16. The van der Waals surface area contributed by atoms with Gasteiger partial charge in [-0.3, -0.25) is 4.79 Å². The van der Waals surface area contributed by atoms with Gasteiger partial charge in [0.05, 0.1) is 11.5 Å². The van der Waals surface area contributed by atoms with Crippen LogP contribution in [0.3, 0.4) is 0 Å². The van der Waals surface area contributed by atoms with Gasteiger partial charge < -0.3 is 21.1 Å². The number of hydrogen-bond donors (Lipinski definition) is 3. The van der Waals surface area contributed by atoms with Crippen LogP contribution in [0.4, 0.5) is 4.79 Å². The average molecular weight is 405 g/mol. The molecule has 0 radical (unpaired) electrons. The number of carbonyl (C=O) groups is 2. The molecule has 1 unspecified atom stereocenters. The number of ether oxygens (including phenoxy) is 1. The number of alkyl carbamates (subject to hydrolysis) is 1. The van der Waals surface area contributed by atoms with Crippen LogP contribution in [-0.2, 0) is 4.74 Å². The summed E-state index contributed by atoms with van der Waals surface area (Å²) in [7, 11) is 0. The highest BCUT2D eigenvalue weighted by atomic mass is 32.2. The molecule has 2 rings (SSSR count). The van der Waals surface area contributed by atoms with Crippen LogP contribution in [0.15, 0.2) is 23.2 Å². The lowest BCUT2D eigenvalue weighted by atomic mass is 9.97. The molecule has 1 aromatic carbocycles. The van der Waals surface area contributed by atoms with Crippen molar-refractivity contribution in [3.8, 4) is 0 Å². The fraction of sp³-hybridized carbons (Fsp3) is 0.450. The number of amidine groups is 1. The second kappa shape index (κ2) is 10.2. The number of carbonyl (C=O) groups excluding carboxylic acids is 2. The summed E-state index contributed by atoms with van der Waals surface area (Å²) in [4.78, 5) is 28.8. The SMILES string of the molecule is CC(N)=N/C1=C\C(C)SCCOC(=O)NCCNC(=O)c2cc1c(C)cc2C. The molecule has 1 heterocycles. The van der Waals surface area contributed by atoms with Gasteiger partial charge in [0.25, 0.3) is 5.91 Å². The molecule has 1 aromatic rings. The maximum absolute atomic E-state index is 12.6. The first-order valence-electron chi connectivity index (χ1n) is 9.22. The molecule has 2 amide bonds. The predicted molar refractivity (Wildman–Crippen MR) is 115 cm³/mol. The predicted octanol–water partition coefficient (Wildman–Crippen LogP) is 2.61. The summed E-state index contributed by atoms with van der Waals surface area (Å²) in [5.74, 6) is 0.915. The Morgan fingerprint density at radius 1 is 1.18 bits per heavy atom. The molecule has 0 spiro atoms. The normalized spacial score (nSPS) is 21.8.